The van der Waals surface area contributed by atoms with Crippen LogP contribution >= 0.6 is 0 Å². The molecule has 1 fully saturated rings. The Morgan fingerprint density at radius 3 is 2.79 bits per heavy atom. The molecule has 0 saturated heterocycles. The van der Waals surface area contributed by atoms with Crippen LogP contribution in [0.1, 0.15) is 42.9 Å². The molecule has 1 aliphatic rings. The van der Waals surface area contributed by atoms with Gasteiger partial charge in [0.1, 0.15) is 11.5 Å². The van der Waals surface area contributed by atoms with Gasteiger partial charge in [0, 0.05) is 25.1 Å². The number of fused-ring (bicyclic) bond motifs is 1. The van der Waals surface area contributed by atoms with Crippen LogP contribution in [0.3, 0.4) is 0 Å². The van der Waals surface area contributed by atoms with Gasteiger partial charge in [-0.25, -0.2) is 9.97 Å². The third-order valence-corrected chi connectivity index (χ3v) is 4.37. The minimum atomic E-state index is 0.0363. The smallest absolute Gasteiger partial charge is 0.262 e. The second-order valence-corrected chi connectivity index (χ2v) is 6.13. The van der Waals surface area contributed by atoms with Gasteiger partial charge in [-0.1, -0.05) is 18.9 Å². The molecule has 0 atom stereocenters. The summed E-state index contributed by atoms with van der Waals surface area (Å²) in [7, 11) is 1.90. The highest BCUT2D eigenvalue weighted by Gasteiger charge is 2.28. The maximum atomic E-state index is 13.1. The molecular weight excluding hydrogens is 300 g/mol. The molecule has 2 heterocycles. The van der Waals surface area contributed by atoms with Crippen LogP contribution in [-0.4, -0.2) is 19.1 Å². The van der Waals surface area contributed by atoms with Crippen molar-refractivity contribution in [3.8, 4) is 11.8 Å². The lowest BCUT2D eigenvalue weighted by Crippen LogP contribution is -2.25. The predicted octanol–water partition coefficient (Wildman–Crippen LogP) is 2.43. The number of nitrogens with zero attached hydrogens (tertiary/aromatic N) is 4. The second kappa shape index (κ2) is 5.64. The molecule has 0 amide bonds. The first-order chi connectivity index (χ1) is 11.7. The molecule has 120 valence electrons. The summed E-state index contributed by atoms with van der Waals surface area (Å²) in [6.45, 7) is 2.04. The zero-order valence-corrected chi connectivity index (χ0v) is 13.8. The Morgan fingerprint density at radius 1 is 1.29 bits per heavy atom. The summed E-state index contributed by atoms with van der Waals surface area (Å²) in [4.78, 5) is 21.9. The molecule has 0 unspecified atom stereocenters. The molecule has 5 heteroatoms. The third kappa shape index (κ3) is 2.41. The molecule has 0 spiro atoms. The van der Waals surface area contributed by atoms with Gasteiger partial charge in [-0.15, -0.1) is 0 Å². The molecular formula is C19H18N4O. The number of aryl methyl sites for hydroxylation is 2. The zero-order valence-electron chi connectivity index (χ0n) is 13.8. The molecule has 0 radical (unpaired) electrons. The van der Waals surface area contributed by atoms with Gasteiger partial charge in [-0.05, 0) is 30.9 Å². The minimum absolute atomic E-state index is 0.0363. The number of rotatable bonds is 2. The molecule has 24 heavy (non-hydrogen) atoms. The van der Waals surface area contributed by atoms with Crippen molar-refractivity contribution < 1.29 is 0 Å². The summed E-state index contributed by atoms with van der Waals surface area (Å²) in [5.41, 5.74) is 2.30. The number of benzene rings is 1. The van der Waals surface area contributed by atoms with E-state index >= 15 is 0 Å². The lowest BCUT2D eigenvalue weighted by Gasteiger charge is -2.12. The lowest BCUT2D eigenvalue weighted by molar-refractivity contribution is 0.646. The molecule has 4 rings (SSSR count). The monoisotopic (exact) mass is 318 g/mol. The maximum absolute atomic E-state index is 13.1. The minimum Gasteiger partial charge on any atom is -0.327 e. The highest BCUT2D eigenvalue weighted by atomic mass is 16.1. The summed E-state index contributed by atoms with van der Waals surface area (Å²) in [5, 5.41) is 0.622. The fourth-order valence-corrected chi connectivity index (χ4v) is 2.96. The number of hydrogen-bond donors (Lipinski definition) is 0. The Morgan fingerprint density at radius 2 is 2.12 bits per heavy atom. The van der Waals surface area contributed by atoms with Crippen molar-refractivity contribution in [1.82, 2.24) is 19.1 Å². The fraction of sp³-hybridized carbons (Fsp3) is 0.316. The highest BCUT2D eigenvalue weighted by Crippen LogP contribution is 2.34. The quantitative estimate of drug-likeness (QED) is 0.682. The van der Waals surface area contributed by atoms with Crippen molar-refractivity contribution in [3.63, 3.8) is 0 Å². The van der Waals surface area contributed by atoms with Crippen molar-refractivity contribution in [1.29, 1.82) is 0 Å². The molecule has 2 aromatic heterocycles. The van der Waals surface area contributed by atoms with E-state index in [-0.39, 0.29) is 5.56 Å². The topological polar surface area (TPSA) is 52.7 Å². The van der Waals surface area contributed by atoms with E-state index in [0.29, 0.717) is 11.4 Å². The summed E-state index contributed by atoms with van der Waals surface area (Å²) in [6, 6.07) is 5.99. The molecule has 0 N–H and O–H groups in total. The van der Waals surface area contributed by atoms with E-state index < -0.39 is 0 Å². The molecule has 0 aliphatic heterocycles. The molecule has 1 aromatic carbocycles. The average Bonchev–Trinajstić information content (AvgIpc) is 3.34. The van der Waals surface area contributed by atoms with Gasteiger partial charge in [-0.3, -0.25) is 9.36 Å². The largest absolute Gasteiger partial charge is 0.327 e. The van der Waals surface area contributed by atoms with Gasteiger partial charge < -0.3 is 4.57 Å². The van der Waals surface area contributed by atoms with E-state index in [1.165, 1.54) is 0 Å². The maximum Gasteiger partial charge on any atom is 0.262 e. The molecule has 0 bridgehead atoms. The van der Waals surface area contributed by atoms with E-state index in [0.717, 1.165) is 41.9 Å². The van der Waals surface area contributed by atoms with Gasteiger partial charge in [0.15, 0.2) is 0 Å². The normalized spacial score (nSPS) is 13.8. The lowest BCUT2D eigenvalue weighted by atomic mass is 10.1. The Hall–Kier alpha value is -2.87. The first-order valence-electron chi connectivity index (χ1n) is 8.21. The fourth-order valence-electron chi connectivity index (χ4n) is 2.96. The van der Waals surface area contributed by atoms with Crippen LogP contribution in [-0.2, 0) is 13.5 Å². The van der Waals surface area contributed by atoms with Crippen LogP contribution in [0, 0.1) is 11.8 Å². The number of imidazole rings is 1. The van der Waals surface area contributed by atoms with Crippen LogP contribution in [0.25, 0.3) is 10.9 Å². The van der Waals surface area contributed by atoms with Gasteiger partial charge in [0.05, 0.1) is 23.4 Å². The Balaban J connectivity index is 1.94. The van der Waals surface area contributed by atoms with Crippen LogP contribution in [0.4, 0.5) is 0 Å². The molecule has 1 aliphatic carbocycles. The summed E-state index contributed by atoms with van der Waals surface area (Å²) < 4.78 is 3.73. The van der Waals surface area contributed by atoms with Crippen molar-refractivity contribution >= 4 is 10.9 Å². The van der Waals surface area contributed by atoms with Gasteiger partial charge in [0.2, 0.25) is 0 Å². The highest BCUT2D eigenvalue weighted by molar-refractivity contribution is 5.84. The van der Waals surface area contributed by atoms with Crippen molar-refractivity contribution in [2.24, 2.45) is 7.05 Å². The van der Waals surface area contributed by atoms with E-state index in [9.17, 15) is 4.79 Å². The van der Waals surface area contributed by atoms with Crippen molar-refractivity contribution in [3.05, 3.63) is 58.2 Å². The third-order valence-electron chi connectivity index (χ3n) is 4.37. The van der Waals surface area contributed by atoms with Crippen molar-refractivity contribution in [2.45, 2.75) is 32.2 Å². The standard InChI is InChI=1S/C19H18N4O/c1-3-17-21-16-6-4-5-13(7-8-15-11-20-12-22(15)2)18(16)19(24)23(17)14-9-10-14/h4-6,11-12,14H,3,9-10H2,1-2H3. The van der Waals surface area contributed by atoms with E-state index in [4.69, 9.17) is 4.98 Å². The summed E-state index contributed by atoms with van der Waals surface area (Å²) in [5.74, 6) is 7.09. The van der Waals surface area contributed by atoms with Gasteiger partial charge in [0.25, 0.3) is 5.56 Å². The Kier molecular flexibility index (Phi) is 3.46. The van der Waals surface area contributed by atoms with Crippen LogP contribution < -0.4 is 5.56 Å². The van der Waals surface area contributed by atoms with Gasteiger partial charge >= 0.3 is 0 Å². The van der Waals surface area contributed by atoms with E-state index in [1.54, 1.807) is 12.5 Å². The first-order valence-corrected chi connectivity index (χ1v) is 8.21. The Labute approximate surface area is 140 Å². The summed E-state index contributed by atoms with van der Waals surface area (Å²) >= 11 is 0. The van der Waals surface area contributed by atoms with Crippen LogP contribution in [0.5, 0.6) is 0 Å². The molecule has 5 nitrogen and oxygen atoms in total. The SMILES string of the molecule is CCc1nc2cccc(C#Cc3cncn3C)c2c(=O)n1C1CC1. The summed E-state index contributed by atoms with van der Waals surface area (Å²) in [6.07, 6.45) is 6.30. The van der Waals surface area contributed by atoms with Crippen molar-refractivity contribution in [2.75, 3.05) is 0 Å². The van der Waals surface area contributed by atoms with Crippen LogP contribution in [0.2, 0.25) is 0 Å². The first kappa shape index (κ1) is 14.7. The number of hydrogen-bond acceptors (Lipinski definition) is 3. The van der Waals surface area contributed by atoms with Crippen LogP contribution in [0.15, 0.2) is 35.5 Å². The second-order valence-electron chi connectivity index (χ2n) is 6.13. The molecule has 3 aromatic rings. The predicted molar refractivity (Wildman–Crippen MR) is 92.8 cm³/mol. The van der Waals surface area contributed by atoms with E-state index in [1.807, 2.05) is 41.3 Å². The number of aromatic nitrogens is 4. The van der Waals surface area contributed by atoms with Gasteiger partial charge in [-0.2, -0.15) is 0 Å². The Bertz CT molecular complexity index is 1040. The molecule has 1 saturated carbocycles. The average molecular weight is 318 g/mol. The zero-order chi connectivity index (χ0) is 16.7. The van der Waals surface area contributed by atoms with E-state index in [2.05, 4.69) is 16.8 Å².